The van der Waals surface area contributed by atoms with Gasteiger partial charge in [0.1, 0.15) is 12.4 Å². The Kier molecular flexibility index (Phi) is 5.80. The maximum atomic E-state index is 5.73. The third kappa shape index (κ3) is 3.77. The Bertz CT molecular complexity index is 342. The third-order valence-electron chi connectivity index (χ3n) is 2.22. The average Bonchev–Trinajstić information content (AvgIpc) is 2.22. The Morgan fingerprint density at radius 2 is 2.06 bits per heavy atom. The van der Waals surface area contributed by atoms with E-state index in [-0.39, 0.29) is 0 Å². The Hall–Kier alpha value is -0.580. The van der Waals surface area contributed by atoms with Gasteiger partial charge in [0.25, 0.3) is 0 Å². The van der Waals surface area contributed by atoms with Crippen LogP contribution < -0.4 is 10.1 Å². The molecule has 0 aliphatic rings. The van der Waals surface area contributed by atoms with E-state index in [0.717, 1.165) is 27.9 Å². The number of ether oxygens (including phenoxy) is 2. The quantitative estimate of drug-likeness (QED) is 0.816. The van der Waals surface area contributed by atoms with Crippen molar-refractivity contribution < 1.29 is 9.47 Å². The highest BCUT2D eigenvalue weighted by molar-refractivity contribution is 9.10. The first-order valence-corrected chi connectivity index (χ1v) is 6.03. The van der Waals surface area contributed by atoms with Gasteiger partial charge < -0.3 is 14.8 Å². The van der Waals surface area contributed by atoms with E-state index < -0.39 is 0 Å². The van der Waals surface area contributed by atoms with Crippen LogP contribution in [0.3, 0.4) is 0 Å². The molecule has 0 aromatic heterocycles. The van der Waals surface area contributed by atoms with Gasteiger partial charge in [-0.05, 0) is 31.7 Å². The number of rotatable bonds is 6. The molecule has 0 radical (unpaired) electrons. The number of halogens is 1. The van der Waals surface area contributed by atoms with Crippen LogP contribution in [-0.4, -0.2) is 27.4 Å². The van der Waals surface area contributed by atoms with E-state index in [9.17, 15) is 0 Å². The van der Waals surface area contributed by atoms with Gasteiger partial charge in [-0.3, -0.25) is 0 Å². The van der Waals surface area contributed by atoms with E-state index in [1.54, 1.807) is 7.11 Å². The SMILES string of the molecule is CNCc1cc(Br)cc(C)c1OCCOC. The number of benzene rings is 1. The van der Waals surface area contributed by atoms with E-state index >= 15 is 0 Å². The molecule has 0 fully saturated rings. The monoisotopic (exact) mass is 287 g/mol. The Balaban J connectivity index is 2.85. The zero-order chi connectivity index (χ0) is 12.0. The van der Waals surface area contributed by atoms with Gasteiger partial charge in [0.15, 0.2) is 0 Å². The topological polar surface area (TPSA) is 30.5 Å². The molecule has 3 nitrogen and oxygen atoms in total. The highest BCUT2D eigenvalue weighted by Gasteiger charge is 2.08. The predicted molar refractivity (Wildman–Crippen MR) is 69.0 cm³/mol. The molecule has 0 aliphatic heterocycles. The fraction of sp³-hybridized carbons (Fsp3) is 0.500. The zero-order valence-corrected chi connectivity index (χ0v) is 11.6. The maximum Gasteiger partial charge on any atom is 0.126 e. The fourth-order valence-electron chi connectivity index (χ4n) is 1.55. The molecule has 1 aromatic rings. The summed E-state index contributed by atoms with van der Waals surface area (Å²) in [4.78, 5) is 0. The standard InChI is InChI=1S/C12H18BrNO2/c1-9-6-11(13)7-10(8-14-2)12(9)16-5-4-15-3/h6-7,14H,4-5,8H2,1-3H3. The molecule has 0 aliphatic carbocycles. The molecule has 4 heteroatoms. The van der Waals surface area contributed by atoms with Crippen LogP contribution in [0, 0.1) is 6.92 Å². The van der Waals surface area contributed by atoms with Gasteiger partial charge in [-0.1, -0.05) is 15.9 Å². The molecule has 0 heterocycles. The van der Waals surface area contributed by atoms with Gasteiger partial charge in [-0.2, -0.15) is 0 Å². The lowest BCUT2D eigenvalue weighted by Crippen LogP contribution is -2.11. The van der Waals surface area contributed by atoms with Gasteiger partial charge in [0, 0.05) is 23.7 Å². The van der Waals surface area contributed by atoms with Crippen LogP contribution in [0.15, 0.2) is 16.6 Å². The van der Waals surface area contributed by atoms with E-state index in [4.69, 9.17) is 9.47 Å². The zero-order valence-electron chi connectivity index (χ0n) is 9.97. The van der Waals surface area contributed by atoms with Crippen LogP contribution in [0.4, 0.5) is 0 Å². The van der Waals surface area contributed by atoms with Crippen molar-refractivity contribution in [2.45, 2.75) is 13.5 Å². The summed E-state index contributed by atoms with van der Waals surface area (Å²) in [5.74, 6) is 0.953. The van der Waals surface area contributed by atoms with Crippen molar-refractivity contribution in [1.29, 1.82) is 0 Å². The summed E-state index contributed by atoms with van der Waals surface area (Å²) in [6.45, 7) is 4.03. The van der Waals surface area contributed by atoms with Crippen molar-refractivity contribution in [2.24, 2.45) is 0 Å². The first-order chi connectivity index (χ1) is 7.69. The fourth-order valence-corrected chi connectivity index (χ4v) is 2.17. The molecule has 0 bridgehead atoms. The van der Waals surface area contributed by atoms with Crippen LogP contribution in [0.5, 0.6) is 5.75 Å². The average molecular weight is 288 g/mol. The van der Waals surface area contributed by atoms with Gasteiger partial charge in [-0.25, -0.2) is 0 Å². The molecule has 90 valence electrons. The molecule has 0 unspecified atom stereocenters. The first kappa shape index (κ1) is 13.5. The first-order valence-electron chi connectivity index (χ1n) is 5.24. The number of hydrogen-bond acceptors (Lipinski definition) is 3. The molecule has 0 saturated heterocycles. The van der Waals surface area contributed by atoms with Gasteiger partial charge >= 0.3 is 0 Å². The summed E-state index contributed by atoms with van der Waals surface area (Å²) >= 11 is 3.49. The Morgan fingerprint density at radius 1 is 1.31 bits per heavy atom. The Morgan fingerprint density at radius 3 is 2.69 bits per heavy atom. The van der Waals surface area contributed by atoms with E-state index in [1.807, 2.05) is 14.0 Å². The third-order valence-corrected chi connectivity index (χ3v) is 2.68. The molecular formula is C12H18BrNO2. The lowest BCUT2D eigenvalue weighted by molar-refractivity contribution is 0.145. The maximum absolute atomic E-state index is 5.73. The second-order valence-corrected chi connectivity index (χ2v) is 4.50. The smallest absolute Gasteiger partial charge is 0.126 e. The second kappa shape index (κ2) is 6.89. The number of aryl methyl sites for hydroxylation is 1. The predicted octanol–water partition coefficient (Wildman–Crippen LogP) is 2.50. The molecule has 0 atom stereocenters. The van der Waals surface area contributed by atoms with E-state index in [2.05, 4.69) is 33.4 Å². The summed E-state index contributed by atoms with van der Waals surface area (Å²) in [6.07, 6.45) is 0. The molecule has 0 amide bonds. The van der Waals surface area contributed by atoms with E-state index in [0.29, 0.717) is 13.2 Å². The molecule has 1 N–H and O–H groups in total. The Labute approximate surface area is 105 Å². The number of methoxy groups -OCH3 is 1. The van der Waals surface area contributed by atoms with Crippen molar-refractivity contribution in [3.63, 3.8) is 0 Å². The number of hydrogen-bond donors (Lipinski definition) is 1. The lowest BCUT2D eigenvalue weighted by Gasteiger charge is -2.14. The minimum Gasteiger partial charge on any atom is -0.491 e. The normalized spacial score (nSPS) is 10.5. The van der Waals surface area contributed by atoms with Crippen molar-refractivity contribution in [3.05, 3.63) is 27.7 Å². The lowest BCUT2D eigenvalue weighted by atomic mass is 10.1. The molecule has 1 rings (SSSR count). The summed E-state index contributed by atoms with van der Waals surface area (Å²) in [5.41, 5.74) is 2.29. The summed E-state index contributed by atoms with van der Waals surface area (Å²) < 4.78 is 11.8. The van der Waals surface area contributed by atoms with Crippen LogP contribution in [0.1, 0.15) is 11.1 Å². The van der Waals surface area contributed by atoms with Gasteiger partial charge in [0.05, 0.1) is 6.61 Å². The molecule has 1 aromatic carbocycles. The minimum atomic E-state index is 0.579. The van der Waals surface area contributed by atoms with Gasteiger partial charge in [-0.15, -0.1) is 0 Å². The second-order valence-electron chi connectivity index (χ2n) is 3.58. The molecule has 0 saturated carbocycles. The summed E-state index contributed by atoms with van der Waals surface area (Å²) in [6, 6.07) is 4.13. The molecular weight excluding hydrogens is 270 g/mol. The molecule has 0 spiro atoms. The van der Waals surface area contributed by atoms with E-state index in [1.165, 1.54) is 0 Å². The summed E-state index contributed by atoms with van der Waals surface area (Å²) in [7, 11) is 3.60. The van der Waals surface area contributed by atoms with Crippen molar-refractivity contribution in [3.8, 4) is 5.75 Å². The highest BCUT2D eigenvalue weighted by Crippen LogP contribution is 2.28. The molecule has 16 heavy (non-hydrogen) atoms. The largest absolute Gasteiger partial charge is 0.491 e. The van der Waals surface area contributed by atoms with Crippen molar-refractivity contribution >= 4 is 15.9 Å². The van der Waals surface area contributed by atoms with Crippen LogP contribution in [-0.2, 0) is 11.3 Å². The van der Waals surface area contributed by atoms with Crippen LogP contribution in [0.25, 0.3) is 0 Å². The minimum absolute atomic E-state index is 0.579. The van der Waals surface area contributed by atoms with Crippen LogP contribution >= 0.6 is 15.9 Å². The summed E-state index contributed by atoms with van der Waals surface area (Å²) in [5, 5.41) is 3.14. The van der Waals surface area contributed by atoms with Crippen molar-refractivity contribution in [2.75, 3.05) is 27.4 Å². The van der Waals surface area contributed by atoms with Crippen LogP contribution in [0.2, 0.25) is 0 Å². The van der Waals surface area contributed by atoms with Gasteiger partial charge in [0.2, 0.25) is 0 Å². The highest BCUT2D eigenvalue weighted by atomic mass is 79.9. The number of nitrogens with one attached hydrogen (secondary N) is 1. The van der Waals surface area contributed by atoms with Crippen molar-refractivity contribution in [1.82, 2.24) is 5.32 Å².